The molecular formula is C40H63N5O7S. The van der Waals surface area contributed by atoms with Crippen molar-refractivity contribution in [2.24, 2.45) is 28.6 Å². The van der Waals surface area contributed by atoms with Crippen molar-refractivity contribution in [2.75, 3.05) is 12.3 Å². The number of nitrogens with one attached hydrogen (secondary N) is 4. The molecule has 1 aliphatic heterocycles. The van der Waals surface area contributed by atoms with Crippen LogP contribution >= 0.6 is 0 Å². The van der Waals surface area contributed by atoms with Crippen LogP contribution in [0.1, 0.15) is 143 Å². The van der Waals surface area contributed by atoms with Gasteiger partial charge in [-0.1, -0.05) is 85.0 Å². The molecule has 1 unspecified atom stereocenters. The topological polar surface area (TPSA) is 171 Å². The van der Waals surface area contributed by atoms with Gasteiger partial charge in [-0.05, 0) is 86.4 Å². The number of carbonyl (C=O) groups is 5. The Bertz CT molecular complexity index is 1550. The molecule has 0 radical (unpaired) electrons. The molecule has 7 aliphatic rings. The molecule has 296 valence electrons. The summed E-state index contributed by atoms with van der Waals surface area (Å²) in [5.74, 6) is -1.82. The summed E-state index contributed by atoms with van der Waals surface area (Å²) in [4.78, 5) is 71.4. The number of hydrogen-bond donors (Lipinski definition) is 4. The van der Waals surface area contributed by atoms with Crippen LogP contribution in [0, 0.1) is 28.6 Å². The fourth-order valence-corrected chi connectivity index (χ4v) is 13.1. The standard InChI is InChI=1S/C40H63N5O7S/c1-38(2)28-23-45(31(30(28)38)34(47)42-29(22-25-14-15-25)32(46)35(48)41-26-16-17-26)36(49)33(39(3)18-8-4-9-19-39)43-37(50)44-40(20-10-5-11-21-40)24-53(51,52)27-12-6-7-13-27/h25-31,33H,4-24H2,1-3H3,(H,41,48)(H,42,47)(H2,43,44,50)/t28-,29?,30-,31-,33+/m0/s1. The van der Waals surface area contributed by atoms with E-state index >= 15 is 0 Å². The van der Waals surface area contributed by atoms with E-state index in [2.05, 4.69) is 42.0 Å². The summed E-state index contributed by atoms with van der Waals surface area (Å²) in [5.41, 5.74) is -1.62. The molecule has 4 N–H and O–H groups in total. The summed E-state index contributed by atoms with van der Waals surface area (Å²) < 4.78 is 27.3. The molecule has 6 aliphatic carbocycles. The van der Waals surface area contributed by atoms with E-state index in [-0.39, 0.29) is 46.1 Å². The van der Waals surface area contributed by atoms with Gasteiger partial charge >= 0.3 is 6.03 Å². The molecule has 1 saturated heterocycles. The number of rotatable bonds is 14. The van der Waals surface area contributed by atoms with Crippen molar-refractivity contribution in [3.8, 4) is 0 Å². The summed E-state index contributed by atoms with van der Waals surface area (Å²) in [6.07, 6.45) is 15.3. The van der Waals surface area contributed by atoms with E-state index in [1.807, 2.05) is 0 Å². The van der Waals surface area contributed by atoms with Crippen molar-refractivity contribution in [1.82, 2.24) is 26.2 Å². The normalized spacial score (nSPS) is 30.0. The lowest BCUT2D eigenvalue weighted by molar-refractivity contribution is -0.146. The Morgan fingerprint density at radius 1 is 0.774 bits per heavy atom. The van der Waals surface area contributed by atoms with Crippen LogP contribution in [-0.2, 0) is 29.0 Å². The van der Waals surface area contributed by atoms with Crippen molar-refractivity contribution in [1.29, 1.82) is 0 Å². The van der Waals surface area contributed by atoms with Crippen molar-refractivity contribution < 1.29 is 32.4 Å². The first-order valence-corrected chi connectivity index (χ1v) is 22.6. The SMILES string of the molecule is CC1([C@H](NC(=O)NC2(CS(=O)(=O)C3CCCC3)CCCCC2)C(=O)N2C[C@H]3[C@@H]([C@H]2C(=O)NC(CC2CC2)C(=O)C(=O)NC2CC2)C3(C)C)CCCCC1. The largest absolute Gasteiger partial charge is 0.347 e. The van der Waals surface area contributed by atoms with Crippen molar-refractivity contribution in [2.45, 2.75) is 178 Å². The number of carbonyl (C=O) groups excluding carboxylic acids is 5. The van der Waals surface area contributed by atoms with Crippen molar-refractivity contribution >= 4 is 39.4 Å². The van der Waals surface area contributed by atoms with Gasteiger partial charge in [0, 0.05) is 12.6 Å². The maximum atomic E-state index is 15.0. The van der Waals surface area contributed by atoms with Gasteiger partial charge in [-0.2, -0.15) is 0 Å². The highest BCUT2D eigenvalue weighted by molar-refractivity contribution is 7.92. The van der Waals surface area contributed by atoms with Gasteiger partial charge in [0.2, 0.25) is 17.6 Å². The average molecular weight is 758 g/mol. The number of hydrogen-bond acceptors (Lipinski definition) is 7. The summed E-state index contributed by atoms with van der Waals surface area (Å²) >= 11 is 0. The van der Waals surface area contributed by atoms with Crippen LogP contribution < -0.4 is 21.3 Å². The van der Waals surface area contributed by atoms with E-state index in [1.54, 1.807) is 4.90 Å². The molecule has 53 heavy (non-hydrogen) atoms. The van der Waals surface area contributed by atoms with E-state index < -0.39 is 62.5 Å². The third-order valence-electron chi connectivity index (χ3n) is 14.5. The van der Waals surface area contributed by atoms with Crippen LogP contribution in [0.3, 0.4) is 0 Å². The first-order chi connectivity index (χ1) is 25.1. The molecule has 0 aromatic rings. The van der Waals surface area contributed by atoms with E-state index in [1.165, 1.54) is 0 Å². The second-order valence-corrected chi connectivity index (χ2v) is 21.3. The molecule has 0 bridgehead atoms. The monoisotopic (exact) mass is 757 g/mol. The van der Waals surface area contributed by atoms with Crippen molar-refractivity contribution in [3.05, 3.63) is 0 Å². The van der Waals surface area contributed by atoms with Crippen LogP contribution in [0.15, 0.2) is 0 Å². The van der Waals surface area contributed by atoms with E-state index in [0.717, 1.165) is 89.9 Å². The van der Waals surface area contributed by atoms with Crippen molar-refractivity contribution in [3.63, 3.8) is 0 Å². The zero-order chi connectivity index (χ0) is 37.8. The zero-order valence-electron chi connectivity index (χ0n) is 32.2. The maximum Gasteiger partial charge on any atom is 0.315 e. The minimum Gasteiger partial charge on any atom is -0.347 e. The Balaban J connectivity index is 1.11. The Morgan fingerprint density at radius 2 is 1.40 bits per heavy atom. The van der Waals surface area contributed by atoms with Crippen LogP contribution in [0.5, 0.6) is 0 Å². The zero-order valence-corrected chi connectivity index (χ0v) is 33.0. The van der Waals surface area contributed by atoms with Gasteiger partial charge in [0.15, 0.2) is 9.84 Å². The van der Waals surface area contributed by atoms with Gasteiger partial charge in [0.05, 0.1) is 22.6 Å². The number of likely N-dealkylation sites (tertiary alicyclic amines) is 1. The number of Topliss-reactive ketones (excluding diaryl/α,β-unsaturated/α-hetero) is 1. The van der Waals surface area contributed by atoms with Gasteiger partial charge in [0.25, 0.3) is 5.91 Å². The number of piperidine rings is 1. The lowest BCUT2D eigenvalue weighted by atomic mass is 9.70. The van der Waals surface area contributed by atoms with E-state index in [9.17, 15) is 32.4 Å². The minimum absolute atomic E-state index is 0.0205. The third kappa shape index (κ3) is 8.30. The number of ketones is 1. The molecule has 0 spiro atoms. The second-order valence-electron chi connectivity index (χ2n) is 19.0. The fraction of sp³-hybridized carbons (Fsp3) is 0.875. The van der Waals surface area contributed by atoms with E-state index in [0.29, 0.717) is 38.6 Å². The van der Waals surface area contributed by atoms with Gasteiger partial charge < -0.3 is 26.2 Å². The van der Waals surface area contributed by atoms with Gasteiger partial charge in [-0.15, -0.1) is 0 Å². The second kappa shape index (κ2) is 14.8. The summed E-state index contributed by atoms with van der Waals surface area (Å²) in [6, 6.07) is -3.20. The molecule has 12 nitrogen and oxygen atoms in total. The molecule has 1 heterocycles. The van der Waals surface area contributed by atoms with E-state index in [4.69, 9.17) is 0 Å². The Morgan fingerprint density at radius 3 is 2.00 bits per heavy atom. The molecular weight excluding hydrogens is 695 g/mol. The number of sulfone groups is 1. The smallest absolute Gasteiger partial charge is 0.315 e. The van der Waals surface area contributed by atoms with Crippen LogP contribution in [-0.4, -0.2) is 90.1 Å². The van der Waals surface area contributed by atoms with Crippen LogP contribution in [0.2, 0.25) is 0 Å². The molecule has 5 amide bonds. The number of urea groups is 1. The van der Waals surface area contributed by atoms with Gasteiger partial charge in [-0.3, -0.25) is 19.2 Å². The Labute approximate surface area is 315 Å². The lowest BCUT2D eigenvalue weighted by Gasteiger charge is -2.44. The molecule has 7 rings (SSSR count). The Kier molecular flexibility index (Phi) is 10.7. The first-order valence-electron chi connectivity index (χ1n) is 20.9. The fourth-order valence-electron chi connectivity index (χ4n) is 10.7. The number of amides is 5. The average Bonchev–Trinajstić information content (AvgIpc) is 4.06. The number of nitrogens with zero attached hydrogens (tertiary/aromatic N) is 1. The Hall–Kier alpha value is -2.70. The molecule has 6 saturated carbocycles. The van der Waals surface area contributed by atoms with Crippen LogP contribution in [0.4, 0.5) is 4.79 Å². The summed E-state index contributed by atoms with van der Waals surface area (Å²) in [7, 11) is -3.42. The van der Waals surface area contributed by atoms with Crippen LogP contribution in [0.25, 0.3) is 0 Å². The van der Waals surface area contributed by atoms with Gasteiger partial charge in [0.1, 0.15) is 12.1 Å². The predicted molar refractivity (Wildman–Crippen MR) is 200 cm³/mol. The maximum absolute atomic E-state index is 15.0. The third-order valence-corrected chi connectivity index (χ3v) is 16.9. The highest BCUT2D eigenvalue weighted by Crippen LogP contribution is 2.65. The predicted octanol–water partition coefficient (Wildman–Crippen LogP) is 4.30. The lowest BCUT2D eigenvalue weighted by Crippen LogP contribution is -2.65. The molecule has 0 aromatic heterocycles. The molecule has 0 aromatic carbocycles. The summed E-state index contributed by atoms with van der Waals surface area (Å²) in [6.45, 7) is 6.64. The number of fused-ring (bicyclic) bond motifs is 1. The molecule has 13 heteroatoms. The molecule has 5 atom stereocenters. The highest BCUT2D eigenvalue weighted by Gasteiger charge is 2.70. The summed E-state index contributed by atoms with van der Waals surface area (Å²) in [5, 5.41) is 11.6. The quantitative estimate of drug-likeness (QED) is 0.192. The first kappa shape index (κ1) is 38.6. The van der Waals surface area contributed by atoms with Gasteiger partial charge in [-0.25, -0.2) is 13.2 Å². The highest BCUT2D eigenvalue weighted by atomic mass is 32.2. The molecule has 7 fully saturated rings. The minimum atomic E-state index is -3.42.